The van der Waals surface area contributed by atoms with Gasteiger partial charge in [-0.25, -0.2) is 4.98 Å². The molecule has 6 nitrogen and oxygen atoms in total. The highest BCUT2D eigenvalue weighted by Crippen LogP contribution is 2.48. The molecule has 3 heterocycles. The van der Waals surface area contributed by atoms with Gasteiger partial charge in [-0.05, 0) is 6.42 Å². The van der Waals surface area contributed by atoms with Crippen molar-refractivity contribution >= 4 is 34.9 Å². The van der Waals surface area contributed by atoms with Gasteiger partial charge in [-0.15, -0.1) is 15.2 Å². The average molecular weight is 332 g/mol. The lowest BCUT2D eigenvalue weighted by atomic mass is 10.2. The first-order valence-electron chi connectivity index (χ1n) is 6.07. The maximum Gasteiger partial charge on any atom is 0.382 e. The maximum atomic E-state index is 11.4. The van der Waals surface area contributed by atoms with Gasteiger partial charge in [0, 0.05) is 11.8 Å². The van der Waals surface area contributed by atoms with Crippen molar-refractivity contribution in [1.82, 2.24) is 10.3 Å². The lowest BCUT2D eigenvalue weighted by Gasteiger charge is -2.27. The van der Waals surface area contributed by atoms with E-state index in [1.165, 1.54) is 16.9 Å². The Kier molecular flexibility index (Phi) is 3.65. The molecule has 2 aliphatic rings. The number of nitrogens with zero attached hydrogens (tertiary/aromatic N) is 3. The third-order valence-corrected chi connectivity index (χ3v) is 5.99. The zero-order chi connectivity index (χ0) is 14.3. The van der Waals surface area contributed by atoms with Gasteiger partial charge < -0.3 is 5.32 Å². The maximum absolute atomic E-state index is 11.4. The van der Waals surface area contributed by atoms with Crippen LogP contribution in [0.4, 0.5) is 0 Å². The highest BCUT2D eigenvalue weighted by Gasteiger charge is 2.60. The van der Waals surface area contributed by atoms with Gasteiger partial charge in [0.1, 0.15) is 6.54 Å². The molecule has 1 saturated heterocycles. The molecule has 1 aromatic rings. The Morgan fingerprint density at radius 3 is 3.15 bits per heavy atom. The lowest BCUT2D eigenvalue weighted by Crippen LogP contribution is -2.46. The number of hydrogen-bond acceptors (Lipinski definition) is 6. The van der Waals surface area contributed by atoms with E-state index in [9.17, 15) is 10.1 Å². The smallest absolute Gasteiger partial charge is 0.317 e. The minimum absolute atomic E-state index is 0.203. The van der Waals surface area contributed by atoms with Crippen molar-refractivity contribution in [2.45, 2.75) is 26.1 Å². The van der Waals surface area contributed by atoms with Crippen molar-refractivity contribution in [1.29, 1.82) is 0 Å². The van der Waals surface area contributed by atoms with E-state index in [0.29, 0.717) is 11.0 Å². The summed E-state index contributed by atoms with van der Waals surface area (Å²) in [5.41, 5.74) is 1.21. The molecular weight excluding hydrogens is 320 g/mol. The first kappa shape index (κ1) is 14.1. The van der Waals surface area contributed by atoms with E-state index in [-0.39, 0.29) is 8.81 Å². The summed E-state index contributed by atoms with van der Waals surface area (Å²) in [4.78, 5) is 16.0. The highest BCUT2D eigenvalue weighted by molar-refractivity contribution is 7.94. The zero-order valence-electron chi connectivity index (χ0n) is 10.6. The fraction of sp³-hybridized carbons (Fsp3) is 0.455. The molecule has 2 unspecified atom stereocenters. The standard InChI is InChI=1S/C11H12ClN4O2S2/c1-2-7-6-19-16(5-8-3-14-11(12)20-8)9(15(17)18)4-13-10(7)16/h3,9,13H,2,5-6H2,1H3/q+1. The van der Waals surface area contributed by atoms with Crippen molar-refractivity contribution in [3.8, 4) is 0 Å². The summed E-state index contributed by atoms with van der Waals surface area (Å²) in [6.07, 6.45) is 1.67. The Labute approximate surface area is 129 Å². The number of halogens is 1. The van der Waals surface area contributed by atoms with E-state index >= 15 is 0 Å². The van der Waals surface area contributed by atoms with Crippen LogP contribution in [0.15, 0.2) is 17.6 Å². The molecule has 0 aromatic carbocycles. The molecule has 0 aliphatic carbocycles. The van der Waals surface area contributed by atoms with E-state index in [0.717, 1.165) is 22.9 Å². The summed E-state index contributed by atoms with van der Waals surface area (Å²) >= 11 is 8.79. The number of nitro groups is 1. The average Bonchev–Trinajstić information content (AvgIpc) is 3.03. The van der Waals surface area contributed by atoms with Crippen molar-refractivity contribution < 1.29 is 8.81 Å². The molecule has 0 spiro atoms. The van der Waals surface area contributed by atoms with Crippen LogP contribution in [0, 0.1) is 16.7 Å². The number of hydrogen-bond donors (Lipinski definition) is 1. The fourth-order valence-corrected chi connectivity index (χ4v) is 5.14. The molecular formula is C11H12ClN4O2S2+. The molecule has 0 saturated carbocycles. The van der Waals surface area contributed by atoms with Crippen LogP contribution in [0.25, 0.3) is 0 Å². The molecule has 2 radical (unpaired) electrons. The van der Waals surface area contributed by atoms with E-state index in [1.54, 1.807) is 18.1 Å². The predicted octanol–water partition coefficient (Wildman–Crippen LogP) is 2.64. The van der Waals surface area contributed by atoms with Gasteiger partial charge in [0.15, 0.2) is 4.47 Å². The normalized spacial score (nSPS) is 28.6. The van der Waals surface area contributed by atoms with Crippen LogP contribution in [0.3, 0.4) is 0 Å². The van der Waals surface area contributed by atoms with E-state index < -0.39 is 6.17 Å². The molecule has 0 amide bonds. The molecule has 20 heavy (non-hydrogen) atoms. The number of aromatic nitrogens is 1. The minimum Gasteiger partial charge on any atom is -0.317 e. The molecule has 1 aromatic heterocycles. The molecule has 106 valence electrons. The van der Waals surface area contributed by atoms with Crippen LogP contribution in [0.2, 0.25) is 4.47 Å². The topological polar surface area (TPSA) is 68.1 Å². The largest absolute Gasteiger partial charge is 0.382 e. The molecule has 3 rings (SSSR count). The fourth-order valence-electron chi connectivity index (χ4n) is 2.48. The summed E-state index contributed by atoms with van der Waals surface area (Å²) in [5, 5.41) is 14.4. The van der Waals surface area contributed by atoms with E-state index in [4.69, 9.17) is 11.6 Å². The van der Waals surface area contributed by atoms with Gasteiger partial charge >= 0.3 is 6.17 Å². The van der Waals surface area contributed by atoms with E-state index in [1.807, 2.05) is 0 Å². The molecule has 2 atom stereocenters. The van der Waals surface area contributed by atoms with Gasteiger partial charge in [0.25, 0.3) is 0 Å². The Morgan fingerprint density at radius 1 is 1.75 bits per heavy atom. The Hall–Kier alpha value is -0.830. The van der Waals surface area contributed by atoms with Crippen LogP contribution < -0.4 is 5.32 Å². The quantitative estimate of drug-likeness (QED) is 0.397. The second-order valence-corrected chi connectivity index (χ2v) is 7.44. The number of fused-ring (bicyclic) bond motifs is 1. The molecule has 2 aliphatic heterocycles. The third kappa shape index (κ3) is 2.11. The van der Waals surface area contributed by atoms with Crippen molar-refractivity contribution in [3.05, 3.63) is 43.6 Å². The first-order valence-corrected chi connectivity index (χ1v) is 8.20. The van der Waals surface area contributed by atoms with Crippen LogP contribution in [0.1, 0.15) is 18.2 Å². The van der Waals surface area contributed by atoms with Crippen LogP contribution in [0.5, 0.6) is 0 Å². The first-order chi connectivity index (χ1) is 9.56. The molecule has 0 bridgehead atoms. The zero-order valence-corrected chi connectivity index (χ0v) is 13.0. The third-order valence-electron chi connectivity index (χ3n) is 3.44. The summed E-state index contributed by atoms with van der Waals surface area (Å²) in [6, 6.07) is 0. The van der Waals surface area contributed by atoms with E-state index in [2.05, 4.69) is 23.8 Å². The van der Waals surface area contributed by atoms with Gasteiger partial charge in [0.2, 0.25) is 12.4 Å². The highest BCUT2D eigenvalue weighted by atomic mass is 35.5. The second kappa shape index (κ2) is 5.18. The molecule has 1 fully saturated rings. The summed E-state index contributed by atoms with van der Waals surface area (Å²) in [7, 11) is 0. The number of quaternary nitrogens is 1. The predicted molar refractivity (Wildman–Crippen MR) is 78.0 cm³/mol. The second-order valence-electron chi connectivity index (χ2n) is 4.54. The van der Waals surface area contributed by atoms with Crippen LogP contribution >= 0.6 is 34.9 Å². The lowest BCUT2D eigenvalue weighted by molar-refractivity contribution is -0.888. The molecule has 1 N–H and O–H groups in total. The number of rotatable bonds is 4. The monoisotopic (exact) mass is 331 g/mol. The van der Waals surface area contributed by atoms with Gasteiger partial charge in [0.05, 0.1) is 27.5 Å². The van der Waals surface area contributed by atoms with Gasteiger partial charge in [-0.1, -0.05) is 18.5 Å². The van der Waals surface area contributed by atoms with Crippen LogP contribution in [-0.4, -0.2) is 25.7 Å². The van der Waals surface area contributed by atoms with Crippen LogP contribution in [-0.2, 0) is 6.54 Å². The number of thiazole rings is 1. The van der Waals surface area contributed by atoms with Crippen molar-refractivity contribution in [3.63, 3.8) is 0 Å². The minimum atomic E-state index is -0.903. The Bertz CT molecular complexity index is 591. The Balaban J connectivity index is 2.00. The van der Waals surface area contributed by atoms with Gasteiger partial charge in [-0.3, -0.25) is 10.1 Å². The number of nitrogens with one attached hydrogen (secondary N) is 1. The Morgan fingerprint density at radius 2 is 2.55 bits per heavy atom. The van der Waals surface area contributed by atoms with Gasteiger partial charge in [-0.2, -0.15) is 0 Å². The summed E-state index contributed by atoms with van der Waals surface area (Å²) in [6.45, 7) is 5.35. The van der Waals surface area contributed by atoms with Crippen molar-refractivity contribution in [2.24, 2.45) is 0 Å². The molecule has 9 heteroatoms. The summed E-state index contributed by atoms with van der Waals surface area (Å²) in [5.74, 6) is 1.71. The van der Waals surface area contributed by atoms with Crippen molar-refractivity contribution in [2.75, 3.05) is 5.75 Å². The summed E-state index contributed by atoms with van der Waals surface area (Å²) < 4.78 is 0.663. The SMILES string of the molecule is CCC1=C2N[C]C([N+](=O)[O-])[N+]2(Cc2cnc(Cl)s2)SC1.